The van der Waals surface area contributed by atoms with E-state index in [4.69, 9.17) is 0 Å². The average molecular weight is 737 g/mol. The molecule has 0 bridgehead atoms. The second-order valence-corrected chi connectivity index (χ2v) is 14.2. The molecule has 0 unspecified atom stereocenters. The maximum Gasteiger partial charge on any atom is 0.101 e. The fraction of sp³-hybridized carbons (Fsp3) is 0. The number of aromatic nitrogens is 2. The van der Waals surface area contributed by atoms with Crippen molar-refractivity contribution in [2.45, 2.75) is 0 Å². The van der Waals surface area contributed by atoms with Crippen LogP contribution in [0.4, 0.5) is 0 Å². The van der Waals surface area contributed by atoms with E-state index in [1.165, 1.54) is 0 Å². The van der Waals surface area contributed by atoms with Crippen LogP contribution in [0.2, 0.25) is 0 Å². The van der Waals surface area contributed by atoms with Gasteiger partial charge < -0.3 is 9.13 Å². The van der Waals surface area contributed by atoms with Crippen molar-refractivity contribution >= 4 is 43.6 Å². The topological polar surface area (TPSA) is 105 Å². The maximum absolute atomic E-state index is 10.5. The molecule has 0 aliphatic carbocycles. The first kappa shape index (κ1) is 33.9. The number of rotatable bonds is 5. The Hall–Kier alpha value is -8.68. The number of nitrogens with zero attached hydrogens (tertiary/aromatic N) is 6. The minimum Gasteiger partial charge on any atom is -0.308 e. The van der Waals surface area contributed by atoms with Gasteiger partial charge in [-0.25, -0.2) is 0 Å². The Morgan fingerprint density at radius 1 is 0.293 bits per heavy atom. The predicted molar refractivity (Wildman–Crippen MR) is 230 cm³/mol. The van der Waals surface area contributed by atoms with E-state index < -0.39 is 0 Å². The van der Waals surface area contributed by atoms with Gasteiger partial charge in [0.25, 0.3) is 0 Å². The summed E-state index contributed by atoms with van der Waals surface area (Å²) < 4.78 is 4.28. The van der Waals surface area contributed by atoms with Crippen LogP contribution in [0.1, 0.15) is 22.3 Å². The molecule has 0 spiro atoms. The Labute approximate surface area is 333 Å². The third-order valence-electron chi connectivity index (χ3n) is 11.1. The molecular formula is C52H28N6. The van der Waals surface area contributed by atoms with E-state index in [2.05, 4.69) is 94.1 Å². The summed E-state index contributed by atoms with van der Waals surface area (Å²) in [7, 11) is 0. The van der Waals surface area contributed by atoms with Crippen LogP contribution >= 0.6 is 0 Å². The smallest absolute Gasteiger partial charge is 0.101 e. The maximum atomic E-state index is 10.5. The van der Waals surface area contributed by atoms with Crippen LogP contribution in [0.15, 0.2) is 170 Å². The highest BCUT2D eigenvalue weighted by Gasteiger charge is 2.20. The van der Waals surface area contributed by atoms with Gasteiger partial charge in [-0.2, -0.15) is 21.0 Å². The molecule has 0 aliphatic rings. The fourth-order valence-corrected chi connectivity index (χ4v) is 8.44. The van der Waals surface area contributed by atoms with Gasteiger partial charge in [0.2, 0.25) is 0 Å². The van der Waals surface area contributed by atoms with Crippen molar-refractivity contribution in [3.05, 3.63) is 192 Å². The van der Waals surface area contributed by atoms with Crippen molar-refractivity contribution in [1.82, 2.24) is 9.13 Å². The highest BCUT2D eigenvalue weighted by molar-refractivity contribution is 6.12. The lowest BCUT2D eigenvalue weighted by Crippen LogP contribution is -2.00. The molecule has 58 heavy (non-hydrogen) atoms. The van der Waals surface area contributed by atoms with Gasteiger partial charge in [-0.15, -0.1) is 0 Å². The lowest BCUT2D eigenvalue weighted by atomic mass is 9.98. The lowest BCUT2D eigenvalue weighted by molar-refractivity contribution is 1.16. The van der Waals surface area contributed by atoms with Gasteiger partial charge >= 0.3 is 0 Å². The summed E-state index contributed by atoms with van der Waals surface area (Å²) in [6.45, 7) is 0. The van der Waals surface area contributed by atoms with E-state index in [0.717, 1.165) is 88.4 Å². The van der Waals surface area contributed by atoms with Crippen molar-refractivity contribution in [2.75, 3.05) is 0 Å². The SMILES string of the molecule is N#Cc1ccccc1-c1ccc2c3ccccc3n(-c3cc(-c4ccc(C#N)c(-n5c6ccccc6c6ccc(-c7ccccc7C#N)cc65)c4)ccc3C#N)c2c1. The average Bonchev–Trinajstić information content (AvgIpc) is 3.80. The third-order valence-corrected chi connectivity index (χ3v) is 11.1. The molecule has 2 heterocycles. The molecule has 10 rings (SSSR count). The van der Waals surface area contributed by atoms with Gasteiger partial charge in [-0.1, -0.05) is 109 Å². The first-order valence-corrected chi connectivity index (χ1v) is 18.7. The normalized spacial score (nSPS) is 11.0. The van der Waals surface area contributed by atoms with Crippen LogP contribution in [-0.4, -0.2) is 9.13 Å². The molecule has 0 N–H and O–H groups in total. The largest absolute Gasteiger partial charge is 0.308 e. The summed E-state index contributed by atoms with van der Waals surface area (Å²) in [5.74, 6) is 0. The number of fused-ring (bicyclic) bond motifs is 6. The minimum atomic E-state index is 0.510. The van der Waals surface area contributed by atoms with Crippen LogP contribution in [0.25, 0.3) is 88.4 Å². The monoisotopic (exact) mass is 736 g/mol. The molecule has 0 saturated carbocycles. The van der Waals surface area contributed by atoms with Crippen molar-refractivity contribution in [3.8, 4) is 69.0 Å². The Bertz CT molecular complexity index is 3280. The van der Waals surface area contributed by atoms with Crippen LogP contribution in [0.3, 0.4) is 0 Å². The standard InChI is InChI=1S/C52H28N6/c53-29-37-9-1-3-11-41(37)35-21-23-45-43-13-5-7-15-47(43)57(51(45)27-35)49-25-33(17-19-39(49)31-55)34-18-20-40(32-56)50(26-34)58-48-16-8-6-14-44(48)46-24-22-36(28-52(46)58)42-12-4-2-10-38(42)30-54/h1-28H. The van der Waals surface area contributed by atoms with Crippen molar-refractivity contribution < 1.29 is 0 Å². The number of nitriles is 4. The van der Waals surface area contributed by atoms with Gasteiger partial charge in [-0.05, 0) is 94.0 Å². The highest BCUT2D eigenvalue weighted by atomic mass is 15.0. The Morgan fingerprint density at radius 3 is 1.09 bits per heavy atom. The third kappa shape index (κ3) is 5.23. The first-order valence-electron chi connectivity index (χ1n) is 18.7. The molecule has 0 amide bonds. The zero-order valence-corrected chi connectivity index (χ0v) is 30.8. The molecule has 8 aromatic carbocycles. The fourth-order valence-electron chi connectivity index (χ4n) is 8.44. The van der Waals surface area contributed by atoms with Crippen molar-refractivity contribution in [2.24, 2.45) is 0 Å². The molecule has 0 atom stereocenters. The Morgan fingerprint density at radius 2 is 0.655 bits per heavy atom. The predicted octanol–water partition coefficient (Wildman–Crippen LogP) is 12.4. The highest BCUT2D eigenvalue weighted by Crippen LogP contribution is 2.40. The summed E-state index contributed by atoms with van der Waals surface area (Å²) in [6.07, 6.45) is 0. The van der Waals surface area contributed by atoms with Crippen LogP contribution in [-0.2, 0) is 0 Å². The second kappa shape index (κ2) is 13.6. The Kier molecular flexibility index (Phi) is 7.92. The number of hydrogen-bond donors (Lipinski definition) is 0. The quantitative estimate of drug-likeness (QED) is 0.175. The van der Waals surface area contributed by atoms with Crippen LogP contribution in [0, 0.1) is 45.3 Å². The molecule has 266 valence electrons. The molecular weight excluding hydrogens is 709 g/mol. The van der Waals surface area contributed by atoms with E-state index in [0.29, 0.717) is 22.3 Å². The Balaban J connectivity index is 1.19. The number of hydrogen-bond acceptors (Lipinski definition) is 4. The summed E-state index contributed by atoms with van der Waals surface area (Å²) in [5.41, 5.74) is 12.6. The number of benzene rings is 8. The molecule has 2 aromatic heterocycles. The minimum absolute atomic E-state index is 0.510. The molecule has 0 aliphatic heterocycles. The molecule has 6 nitrogen and oxygen atoms in total. The van der Waals surface area contributed by atoms with Crippen LogP contribution < -0.4 is 0 Å². The van der Waals surface area contributed by atoms with E-state index >= 15 is 0 Å². The van der Waals surface area contributed by atoms with E-state index in [-0.39, 0.29) is 0 Å². The van der Waals surface area contributed by atoms with E-state index in [1.54, 1.807) is 0 Å². The first-order chi connectivity index (χ1) is 28.6. The molecule has 10 aromatic rings. The summed E-state index contributed by atoms with van der Waals surface area (Å²) >= 11 is 0. The second-order valence-electron chi connectivity index (χ2n) is 14.2. The molecule has 0 radical (unpaired) electrons. The van der Waals surface area contributed by atoms with E-state index in [1.807, 2.05) is 109 Å². The lowest BCUT2D eigenvalue weighted by Gasteiger charge is -2.15. The summed E-state index contributed by atoms with van der Waals surface area (Å²) in [4.78, 5) is 0. The van der Waals surface area contributed by atoms with Gasteiger partial charge in [0.05, 0.1) is 67.8 Å². The zero-order valence-electron chi connectivity index (χ0n) is 30.8. The number of para-hydroxylation sites is 2. The molecule has 6 heteroatoms. The van der Waals surface area contributed by atoms with Crippen molar-refractivity contribution in [3.63, 3.8) is 0 Å². The van der Waals surface area contributed by atoms with E-state index in [9.17, 15) is 21.0 Å². The van der Waals surface area contributed by atoms with Gasteiger partial charge in [0.1, 0.15) is 12.1 Å². The summed E-state index contributed by atoms with van der Waals surface area (Å²) in [5, 5.41) is 45.1. The van der Waals surface area contributed by atoms with Crippen molar-refractivity contribution in [1.29, 1.82) is 21.0 Å². The van der Waals surface area contributed by atoms with Crippen LogP contribution in [0.5, 0.6) is 0 Å². The van der Waals surface area contributed by atoms with Gasteiger partial charge in [0, 0.05) is 21.5 Å². The van der Waals surface area contributed by atoms with Gasteiger partial charge in [0.15, 0.2) is 0 Å². The zero-order chi connectivity index (χ0) is 39.3. The summed E-state index contributed by atoms with van der Waals surface area (Å²) in [6, 6.07) is 65.3. The van der Waals surface area contributed by atoms with Gasteiger partial charge in [-0.3, -0.25) is 0 Å². The molecule has 0 saturated heterocycles. The molecule has 0 fully saturated rings.